The molecule has 0 spiro atoms. The lowest BCUT2D eigenvalue weighted by Crippen LogP contribution is -2.62. The third kappa shape index (κ3) is 5.48. The summed E-state index contributed by atoms with van der Waals surface area (Å²) in [5.41, 5.74) is 1.06. The normalized spacial score (nSPS) is 43.5. The number of hydrogen-bond donors (Lipinski definition) is 4. The fourth-order valence-corrected chi connectivity index (χ4v) is 9.53. The maximum Gasteiger partial charge on any atom is 0.303 e. The molecule has 4 N–H and O–H groups in total. The standard InChI is InChI=1S/C24H40O5.C7H7Cl/c1-13(4-7-21(28)29)16-5-6-17-22-18(12-20(27)24(16,17)3)23(2)9-8-15(25)10-14(23)11-19(22)26;1-6-3-2-4-7(8)5-6/h13-20,22,25-27H,4-12H2,1-3H3,(H,28,29);2-5H,1H3/t13-,14+,15-,16-,17+,18+,19-,20+,22+,23+,24-;/m1./s1. The Kier molecular flexibility index (Phi) is 8.70. The first-order valence-corrected chi connectivity index (χ1v) is 14.7. The van der Waals surface area contributed by atoms with Crippen molar-refractivity contribution in [2.45, 2.75) is 104 Å². The van der Waals surface area contributed by atoms with Gasteiger partial charge in [0.05, 0.1) is 18.3 Å². The van der Waals surface area contributed by atoms with Crippen LogP contribution >= 0.6 is 11.6 Å². The van der Waals surface area contributed by atoms with Gasteiger partial charge >= 0.3 is 5.97 Å². The average molecular weight is 535 g/mol. The van der Waals surface area contributed by atoms with Crippen LogP contribution in [0.25, 0.3) is 0 Å². The van der Waals surface area contributed by atoms with Gasteiger partial charge in [-0.15, -0.1) is 0 Å². The Morgan fingerprint density at radius 2 is 1.81 bits per heavy atom. The number of aliphatic carboxylic acids is 1. The lowest BCUT2D eigenvalue weighted by atomic mass is 9.43. The zero-order valence-electron chi connectivity index (χ0n) is 22.9. The molecule has 1 aromatic rings. The van der Waals surface area contributed by atoms with Gasteiger partial charge in [-0.05, 0) is 122 Å². The third-order valence-corrected chi connectivity index (χ3v) is 11.5. The topological polar surface area (TPSA) is 98.0 Å². The van der Waals surface area contributed by atoms with E-state index in [9.17, 15) is 20.1 Å². The van der Waals surface area contributed by atoms with Crippen molar-refractivity contribution in [1.82, 2.24) is 0 Å². The summed E-state index contributed by atoms with van der Waals surface area (Å²) >= 11 is 5.64. The SMILES string of the molecule is C[C@H](CCC(=O)O)[C@H]1CC[C@H]2[C@@H]3[C@H](O)C[C@@H]4C[C@H](O)CC[C@]4(C)[C@H]3C[C@H](O)[C@]12C.Cc1cccc(Cl)c1. The maximum atomic E-state index is 11.5. The molecule has 0 aliphatic heterocycles. The molecule has 0 saturated heterocycles. The molecule has 4 aliphatic carbocycles. The van der Waals surface area contributed by atoms with Gasteiger partial charge in [-0.1, -0.05) is 44.5 Å². The minimum Gasteiger partial charge on any atom is -0.481 e. The van der Waals surface area contributed by atoms with Crippen LogP contribution in [0.15, 0.2) is 24.3 Å². The van der Waals surface area contributed by atoms with E-state index in [1.54, 1.807) is 0 Å². The second-order valence-electron chi connectivity index (χ2n) is 13.2. The second-order valence-corrected chi connectivity index (χ2v) is 13.7. The Morgan fingerprint density at radius 3 is 2.43 bits per heavy atom. The highest BCUT2D eigenvalue weighted by Gasteiger charge is 2.65. The molecule has 5 nitrogen and oxygen atoms in total. The maximum absolute atomic E-state index is 11.5. The van der Waals surface area contributed by atoms with Crippen molar-refractivity contribution in [3.05, 3.63) is 34.9 Å². The number of rotatable bonds is 4. The Balaban J connectivity index is 0.000000342. The van der Waals surface area contributed by atoms with E-state index in [0.29, 0.717) is 30.1 Å². The zero-order valence-corrected chi connectivity index (χ0v) is 23.7. The summed E-state index contributed by atoms with van der Waals surface area (Å²) in [6.07, 6.45) is 6.00. The number of carboxylic acids is 1. The average Bonchev–Trinajstić information content (AvgIpc) is 3.18. The summed E-state index contributed by atoms with van der Waals surface area (Å²) in [7, 11) is 0. The molecule has 0 aromatic heterocycles. The predicted molar refractivity (Wildman–Crippen MR) is 146 cm³/mol. The van der Waals surface area contributed by atoms with Gasteiger partial charge in [-0.2, -0.15) is 0 Å². The molecule has 4 aliphatic rings. The second kappa shape index (κ2) is 11.2. The lowest BCUT2D eigenvalue weighted by molar-refractivity contribution is -0.207. The Bertz CT molecular complexity index is 936. The molecule has 0 amide bonds. The number of halogens is 1. The molecular formula is C31H47ClO5. The Hall–Kier alpha value is -1.14. The van der Waals surface area contributed by atoms with Crippen LogP contribution in [0.2, 0.25) is 5.02 Å². The van der Waals surface area contributed by atoms with Crippen LogP contribution in [0.4, 0.5) is 0 Å². The van der Waals surface area contributed by atoms with Gasteiger partial charge in [-0.3, -0.25) is 4.79 Å². The largest absolute Gasteiger partial charge is 0.481 e. The first-order chi connectivity index (χ1) is 17.4. The fraction of sp³-hybridized carbons (Fsp3) is 0.774. The molecule has 37 heavy (non-hydrogen) atoms. The van der Waals surface area contributed by atoms with Gasteiger partial charge in [0.15, 0.2) is 0 Å². The van der Waals surface area contributed by atoms with Crippen molar-refractivity contribution < 1.29 is 25.2 Å². The van der Waals surface area contributed by atoms with Gasteiger partial charge in [-0.25, -0.2) is 0 Å². The van der Waals surface area contributed by atoms with E-state index in [1.165, 1.54) is 5.56 Å². The molecule has 0 bridgehead atoms. The number of fused-ring (bicyclic) bond motifs is 5. The van der Waals surface area contributed by atoms with Crippen LogP contribution in [-0.2, 0) is 4.79 Å². The van der Waals surface area contributed by atoms with Crippen molar-refractivity contribution in [2.24, 2.45) is 46.3 Å². The van der Waals surface area contributed by atoms with Crippen LogP contribution in [0.5, 0.6) is 0 Å². The molecule has 11 atom stereocenters. The number of hydrogen-bond acceptors (Lipinski definition) is 4. The highest BCUT2D eigenvalue weighted by atomic mass is 35.5. The first-order valence-electron chi connectivity index (χ1n) is 14.4. The Morgan fingerprint density at radius 1 is 1.08 bits per heavy atom. The monoisotopic (exact) mass is 534 g/mol. The van der Waals surface area contributed by atoms with Crippen LogP contribution in [-0.4, -0.2) is 44.7 Å². The van der Waals surface area contributed by atoms with E-state index in [2.05, 4.69) is 20.8 Å². The number of carboxylic acid groups (broad SMARTS) is 1. The van der Waals surface area contributed by atoms with Gasteiger partial charge in [0.25, 0.3) is 0 Å². The van der Waals surface area contributed by atoms with E-state index < -0.39 is 12.1 Å². The summed E-state index contributed by atoms with van der Waals surface area (Å²) in [5.74, 6) is 0.997. The quantitative estimate of drug-likeness (QED) is 0.374. The minimum atomic E-state index is -0.748. The number of benzene rings is 1. The van der Waals surface area contributed by atoms with Crippen LogP contribution < -0.4 is 0 Å². The van der Waals surface area contributed by atoms with Crippen LogP contribution in [0, 0.1) is 53.3 Å². The van der Waals surface area contributed by atoms with Crippen molar-refractivity contribution in [3.63, 3.8) is 0 Å². The van der Waals surface area contributed by atoms with Gasteiger partial charge < -0.3 is 20.4 Å². The van der Waals surface area contributed by atoms with Crippen molar-refractivity contribution in [3.8, 4) is 0 Å². The molecule has 6 heteroatoms. The number of aliphatic hydroxyl groups excluding tert-OH is 3. The molecule has 4 fully saturated rings. The highest BCUT2D eigenvalue weighted by Crippen LogP contribution is 2.68. The summed E-state index contributed by atoms with van der Waals surface area (Å²) in [4.78, 5) is 11.1. The van der Waals surface area contributed by atoms with Gasteiger partial charge in [0.1, 0.15) is 0 Å². The molecule has 0 heterocycles. The van der Waals surface area contributed by atoms with E-state index in [-0.39, 0.29) is 41.3 Å². The Labute approximate surface area is 227 Å². The van der Waals surface area contributed by atoms with E-state index in [1.807, 2.05) is 31.2 Å². The molecule has 208 valence electrons. The third-order valence-electron chi connectivity index (χ3n) is 11.3. The van der Waals surface area contributed by atoms with E-state index in [4.69, 9.17) is 16.7 Å². The number of aliphatic hydroxyl groups is 3. The van der Waals surface area contributed by atoms with Crippen LogP contribution in [0.1, 0.15) is 84.1 Å². The molecule has 1 aromatic carbocycles. The molecule has 5 rings (SSSR count). The highest BCUT2D eigenvalue weighted by molar-refractivity contribution is 6.30. The zero-order chi connectivity index (χ0) is 27.1. The number of aryl methyl sites for hydroxylation is 1. The summed E-state index contributed by atoms with van der Waals surface area (Å²) in [5, 5.41) is 42.8. The predicted octanol–water partition coefficient (Wildman–Crippen LogP) is 6.10. The summed E-state index contributed by atoms with van der Waals surface area (Å²) in [6.45, 7) is 8.74. The van der Waals surface area contributed by atoms with Crippen molar-refractivity contribution in [2.75, 3.05) is 0 Å². The molecule has 0 radical (unpaired) electrons. The first kappa shape index (κ1) is 28.9. The number of carbonyl (C=O) groups is 1. The van der Waals surface area contributed by atoms with Crippen molar-refractivity contribution in [1.29, 1.82) is 0 Å². The van der Waals surface area contributed by atoms with Gasteiger partial charge in [0.2, 0.25) is 0 Å². The minimum absolute atomic E-state index is 0.0957. The van der Waals surface area contributed by atoms with Crippen molar-refractivity contribution >= 4 is 17.6 Å². The van der Waals surface area contributed by atoms with Crippen LogP contribution in [0.3, 0.4) is 0 Å². The summed E-state index contributed by atoms with van der Waals surface area (Å²) in [6, 6.07) is 7.76. The lowest BCUT2D eigenvalue weighted by Gasteiger charge is -2.63. The smallest absolute Gasteiger partial charge is 0.303 e. The summed E-state index contributed by atoms with van der Waals surface area (Å²) < 4.78 is 0. The van der Waals surface area contributed by atoms with Gasteiger partial charge in [0, 0.05) is 11.4 Å². The van der Waals surface area contributed by atoms with E-state index in [0.717, 1.165) is 50.0 Å². The molecule has 0 unspecified atom stereocenters. The molecule has 4 saturated carbocycles. The molecular weight excluding hydrogens is 488 g/mol. The fourth-order valence-electron chi connectivity index (χ4n) is 9.29. The van der Waals surface area contributed by atoms with E-state index >= 15 is 0 Å².